The van der Waals surface area contributed by atoms with Gasteiger partial charge in [-0.3, -0.25) is 4.98 Å². The van der Waals surface area contributed by atoms with Crippen molar-refractivity contribution in [2.75, 3.05) is 0 Å². The highest BCUT2D eigenvalue weighted by Crippen LogP contribution is 2.25. The Morgan fingerprint density at radius 2 is 2.00 bits per heavy atom. The zero-order chi connectivity index (χ0) is 12.4. The lowest BCUT2D eigenvalue weighted by Crippen LogP contribution is -1.99. The minimum Gasteiger partial charge on any atom is -0.262 e. The Bertz CT molecular complexity index is 552. The molecule has 0 atom stereocenters. The summed E-state index contributed by atoms with van der Waals surface area (Å²) in [5, 5.41) is 0.529. The summed E-state index contributed by atoms with van der Waals surface area (Å²) in [6, 6.07) is 3.95. The van der Waals surface area contributed by atoms with Gasteiger partial charge in [0.25, 0.3) is 0 Å². The van der Waals surface area contributed by atoms with Crippen molar-refractivity contribution in [2.24, 2.45) is 0 Å². The van der Waals surface area contributed by atoms with Crippen molar-refractivity contribution in [1.82, 2.24) is 15.0 Å². The third-order valence-electron chi connectivity index (χ3n) is 2.62. The van der Waals surface area contributed by atoms with Crippen molar-refractivity contribution >= 4 is 11.6 Å². The van der Waals surface area contributed by atoms with Crippen molar-refractivity contribution in [3.63, 3.8) is 0 Å². The Balaban J connectivity index is 2.62. The fraction of sp³-hybridized carbons (Fsp3) is 0.308. The second-order valence-corrected chi connectivity index (χ2v) is 4.30. The summed E-state index contributed by atoms with van der Waals surface area (Å²) in [4.78, 5) is 13.0. The molecule has 0 bridgehead atoms. The van der Waals surface area contributed by atoms with Crippen LogP contribution in [0.2, 0.25) is 5.15 Å². The molecule has 0 saturated heterocycles. The lowest BCUT2D eigenvalue weighted by Gasteiger charge is -2.08. The molecule has 0 aliphatic rings. The van der Waals surface area contributed by atoms with Gasteiger partial charge >= 0.3 is 0 Å². The van der Waals surface area contributed by atoms with Crippen LogP contribution in [0.3, 0.4) is 0 Å². The van der Waals surface area contributed by atoms with Gasteiger partial charge in [-0.15, -0.1) is 0 Å². The topological polar surface area (TPSA) is 38.7 Å². The minimum absolute atomic E-state index is 0.529. The number of nitrogens with zero attached hydrogens (tertiary/aromatic N) is 3. The summed E-state index contributed by atoms with van der Waals surface area (Å²) >= 11 is 6.12. The van der Waals surface area contributed by atoms with E-state index in [0.29, 0.717) is 5.15 Å². The lowest BCUT2D eigenvalue weighted by atomic mass is 10.1. The number of pyridine rings is 1. The highest BCUT2D eigenvalue weighted by Gasteiger charge is 2.10. The van der Waals surface area contributed by atoms with Gasteiger partial charge < -0.3 is 0 Å². The summed E-state index contributed by atoms with van der Waals surface area (Å²) in [5.41, 5.74) is 3.81. The van der Waals surface area contributed by atoms with Crippen LogP contribution >= 0.6 is 11.6 Å². The minimum atomic E-state index is 0.529. The molecule has 2 rings (SSSR count). The van der Waals surface area contributed by atoms with Crippen LogP contribution in [0, 0.1) is 13.8 Å². The van der Waals surface area contributed by atoms with Gasteiger partial charge in [0.1, 0.15) is 11.0 Å². The maximum atomic E-state index is 6.12. The van der Waals surface area contributed by atoms with E-state index in [1.54, 1.807) is 6.20 Å². The SMILES string of the molecule is CCc1nc(Cl)c(C)c(-c2ccnc(C)c2)n1. The first-order valence-electron chi connectivity index (χ1n) is 5.58. The monoisotopic (exact) mass is 247 g/mol. The second-order valence-electron chi connectivity index (χ2n) is 3.94. The maximum Gasteiger partial charge on any atom is 0.136 e. The van der Waals surface area contributed by atoms with Gasteiger partial charge in [0.2, 0.25) is 0 Å². The van der Waals surface area contributed by atoms with Gasteiger partial charge in [-0.25, -0.2) is 9.97 Å². The van der Waals surface area contributed by atoms with Crippen molar-refractivity contribution in [2.45, 2.75) is 27.2 Å². The number of halogens is 1. The van der Waals surface area contributed by atoms with Crippen LogP contribution in [0.15, 0.2) is 18.3 Å². The molecule has 0 N–H and O–H groups in total. The van der Waals surface area contributed by atoms with Crippen LogP contribution in [0.4, 0.5) is 0 Å². The molecule has 17 heavy (non-hydrogen) atoms. The first-order valence-corrected chi connectivity index (χ1v) is 5.95. The molecule has 0 aliphatic carbocycles. The van der Waals surface area contributed by atoms with Gasteiger partial charge in [-0.05, 0) is 26.0 Å². The molecule has 0 aliphatic heterocycles. The fourth-order valence-corrected chi connectivity index (χ4v) is 1.85. The third-order valence-corrected chi connectivity index (χ3v) is 2.99. The van der Waals surface area contributed by atoms with Crippen LogP contribution in [-0.2, 0) is 6.42 Å². The molecule has 2 aromatic heterocycles. The number of hydrogen-bond donors (Lipinski definition) is 0. The lowest BCUT2D eigenvalue weighted by molar-refractivity contribution is 0.933. The van der Waals surface area contributed by atoms with E-state index in [0.717, 1.165) is 34.8 Å². The standard InChI is InChI=1S/C13H14ClN3/c1-4-11-16-12(9(3)13(14)17-11)10-5-6-15-8(2)7-10/h5-7H,4H2,1-3H3. The predicted octanol–water partition coefficient (Wildman–Crippen LogP) is 3.37. The predicted molar refractivity (Wildman–Crippen MR) is 69.1 cm³/mol. The molecular formula is C13H14ClN3. The number of hydrogen-bond acceptors (Lipinski definition) is 3. The van der Waals surface area contributed by atoms with Crippen LogP contribution in [0.5, 0.6) is 0 Å². The highest BCUT2D eigenvalue weighted by atomic mass is 35.5. The maximum absolute atomic E-state index is 6.12. The number of rotatable bonds is 2. The van der Waals surface area contributed by atoms with Crippen LogP contribution < -0.4 is 0 Å². The third kappa shape index (κ3) is 2.44. The van der Waals surface area contributed by atoms with E-state index in [1.807, 2.05) is 32.9 Å². The van der Waals surface area contributed by atoms with Crippen LogP contribution in [0.25, 0.3) is 11.3 Å². The van der Waals surface area contributed by atoms with Gasteiger partial charge in [-0.2, -0.15) is 0 Å². The summed E-state index contributed by atoms with van der Waals surface area (Å²) in [6.07, 6.45) is 2.56. The fourth-order valence-electron chi connectivity index (χ4n) is 1.66. The van der Waals surface area contributed by atoms with E-state index in [4.69, 9.17) is 11.6 Å². The van der Waals surface area contributed by atoms with Crippen molar-refractivity contribution in [3.8, 4) is 11.3 Å². The van der Waals surface area contributed by atoms with Gasteiger partial charge in [0.05, 0.1) is 5.69 Å². The molecule has 2 heterocycles. The molecule has 3 nitrogen and oxygen atoms in total. The molecule has 4 heteroatoms. The van der Waals surface area contributed by atoms with Crippen LogP contribution in [0.1, 0.15) is 24.0 Å². The molecule has 0 aromatic carbocycles. The van der Waals surface area contributed by atoms with E-state index in [1.165, 1.54) is 0 Å². The van der Waals surface area contributed by atoms with E-state index in [-0.39, 0.29) is 0 Å². The molecule has 0 spiro atoms. The zero-order valence-corrected chi connectivity index (χ0v) is 10.9. The average Bonchev–Trinajstić information content (AvgIpc) is 2.32. The zero-order valence-electron chi connectivity index (χ0n) is 10.2. The molecule has 0 saturated carbocycles. The van der Waals surface area contributed by atoms with E-state index in [2.05, 4.69) is 15.0 Å². The first-order chi connectivity index (χ1) is 8.11. The van der Waals surface area contributed by atoms with Gasteiger partial charge in [0, 0.05) is 29.4 Å². The van der Waals surface area contributed by atoms with E-state index >= 15 is 0 Å². The molecular weight excluding hydrogens is 234 g/mol. The molecule has 2 aromatic rings. The quantitative estimate of drug-likeness (QED) is 0.764. The smallest absolute Gasteiger partial charge is 0.136 e. The Kier molecular flexibility index (Phi) is 3.38. The largest absolute Gasteiger partial charge is 0.262 e. The number of aryl methyl sites for hydroxylation is 2. The molecule has 0 unspecified atom stereocenters. The molecule has 88 valence electrons. The Morgan fingerprint density at radius 1 is 1.24 bits per heavy atom. The van der Waals surface area contributed by atoms with Crippen molar-refractivity contribution < 1.29 is 0 Å². The summed E-state index contributed by atoms with van der Waals surface area (Å²) in [5.74, 6) is 0.769. The summed E-state index contributed by atoms with van der Waals surface area (Å²) in [7, 11) is 0. The summed E-state index contributed by atoms with van der Waals surface area (Å²) in [6.45, 7) is 5.91. The first kappa shape index (κ1) is 12.0. The molecule has 0 fully saturated rings. The van der Waals surface area contributed by atoms with Crippen molar-refractivity contribution in [3.05, 3.63) is 40.6 Å². The normalized spacial score (nSPS) is 10.6. The van der Waals surface area contributed by atoms with Gasteiger partial charge in [0.15, 0.2) is 0 Å². The molecule has 0 amide bonds. The van der Waals surface area contributed by atoms with E-state index < -0.39 is 0 Å². The second kappa shape index (κ2) is 4.80. The average molecular weight is 248 g/mol. The highest BCUT2D eigenvalue weighted by molar-refractivity contribution is 6.30. The number of aromatic nitrogens is 3. The Hall–Kier alpha value is -1.48. The van der Waals surface area contributed by atoms with Crippen LogP contribution in [-0.4, -0.2) is 15.0 Å². The van der Waals surface area contributed by atoms with Crippen molar-refractivity contribution in [1.29, 1.82) is 0 Å². The summed E-state index contributed by atoms with van der Waals surface area (Å²) < 4.78 is 0. The Labute approximate surface area is 106 Å². The molecule has 0 radical (unpaired) electrons. The van der Waals surface area contributed by atoms with E-state index in [9.17, 15) is 0 Å². The Morgan fingerprint density at radius 3 is 2.65 bits per heavy atom. The van der Waals surface area contributed by atoms with Gasteiger partial charge in [-0.1, -0.05) is 18.5 Å².